The molecule has 2 rings (SSSR count). The predicted molar refractivity (Wildman–Crippen MR) is 93.8 cm³/mol. The van der Waals surface area contributed by atoms with Crippen LogP contribution < -0.4 is 10.1 Å². The second kappa shape index (κ2) is 8.37. The Morgan fingerprint density at radius 3 is 2.57 bits per heavy atom. The number of nitrogens with one attached hydrogen (secondary N) is 1. The minimum atomic E-state index is -0.0773. The molecule has 0 heterocycles. The molecule has 1 atom stereocenters. The zero-order valence-corrected chi connectivity index (χ0v) is 14.1. The van der Waals surface area contributed by atoms with Crippen LogP contribution in [0.1, 0.15) is 30.0 Å². The summed E-state index contributed by atoms with van der Waals surface area (Å²) >= 11 is 0. The normalized spacial score (nSPS) is 11.8. The van der Waals surface area contributed by atoms with Gasteiger partial charge >= 0.3 is 0 Å². The van der Waals surface area contributed by atoms with E-state index in [0.717, 1.165) is 24.2 Å². The molecule has 122 valence electrons. The van der Waals surface area contributed by atoms with Crippen molar-refractivity contribution in [3.63, 3.8) is 0 Å². The zero-order chi connectivity index (χ0) is 16.7. The van der Waals surface area contributed by atoms with Gasteiger partial charge in [0.1, 0.15) is 5.75 Å². The number of carbonyl (C=O) groups excluding carboxylic acids is 1. The summed E-state index contributed by atoms with van der Waals surface area (Å²) in [7, 11) is 0. The monoisotopic (exact) mass is 311 g/mol. The smallest absolute Gasteiger partial charge is 0.258 e. The van der Waals surface area contributed by atoms with Gasteiger partial charge in [0, 0.05) is 6.04 Å². The summed E-state index contributed by atoms with van der Waals surface area (Å²) in [5.41, 5.74) is 3.54. The van der Waals surface area contributed by atoms with Crippen molar-refractivity contribution < 1.29 is 9.53 Å². The fourth-order valence-corrected chi connectivity index (χ4v) is 2.44. The van der Waals surface area contributed by atoms with Crippen molar-refractivity contribution >= 4 is 5.91 Å². The van der Waals surface area contributed by atoms with Crippen molar-refractivity contribution in [1.29, 1.82) is 0 Å². The average Bonchev–Trinajstić information content (AvgIpc) is 2.55. The molecule has 23 heavy (non-hydrogen) atoms. The first kappa shape index (κ1) is 17.1. The van der Waals surface area contributed by atoms with Crippen LogP contribution in [0.3, 0.4) is 0 Å². The van der Waals surface area contributed by atoms with Crippen LogP contribution >= 0.6 is 0 Å². The van der Waals surface area contributed by atoms with Gasteiger partial charge in [0.05, 0.1) is 0 Å². The van der Waals surface area contributed by atoms with Gasteiger partial charge in [-0.05, 0) is 56.4 Å². The third-order valence-corrected chi connectivity index (χ3v) is 4.03. The summed E-state index contributed by atoms with van der Waals surface area (Å²) in [6, 6.07) is 16.3. The molecular formula is C20H25NO2. The molecule has 2 aromatic carbocycles. The molecule has 0 saturated heterocycles. The van der Waals surface area contributed by atoms with E-state index in [1.54, 1.807) is 0 Å². The van der Waals surface area contributed by atoms with Crippen molar-refractivity contribution in [2.24, 2.45) is 0 Å². The Morgan fingerprint density at radius 1 is 1.09 bits per heavy atom. The molecule has 2 aromatic rings. The highest BCUT2D eigenvalue weighted by atomic mass is 16.5. The highest BCUT2D eigenvalue weighted by Crippen LogP contribution is 2.20. The first-order valence-electron chi connectivity index (χ1n) is 8.08. The van der Waals surface area contributed by atoms with Crippen molar-refractivity contribution in [3.8, 4) is 5.75 Å². The molecule has 0 radical (unpaired) electrons. The highest BCUT2D eigenvalue weighted by molar-refractivity contribution is 5.77. The van der Waals surface area contributed by atoms with Crippen LogP contribution in [-0.4, -0.2) is 18.6 Å². The Hall–Kier alpha value is -2.29. The van der Waals surface area contributed by atoms with Crippen molar-refractivity contribution in [1.82, 2.24) is 5.32 Å². The van der Waals surface area contributed by atoms with E-state index in [1.165, 1.54) is 11.1 Å². The van der Waals surface area contributed by atoms with E-state index in [9.17, 15) is 4.79 Å². The van der Waals surface area contributed by atoms with Crippen LogP contribution in [0.2, 0.25) is 0 Å². The quantitative estimate of drug-likeness (QED) is 0.844. The number of rotatable bonds is 7. The molecular weight excluding hydrogens is 286 g/mol. The second-order valence-electron chi connectivity index (χ2n) is 5.98. The van der Waals surface area contributed by atoms with E-state index < -0.39 is 0 Å². The summed E-state index contributed by atoms with van der Waals surface area (Å²) in [5, 5.41) is 2.99. The van der Waals surface area contributed by atoms with Crippen LogP contribution in [0, 0.1) is 13.8 Å². The van der Waals surface area contributed by atoms with Gasteiger partial charge in [0.15, 0.2) is 6.61 Å². The Balaban J connectivity index is 1.74. The minimum Gasteiger partial charge on any atom is -0.483 e. The van der Waals surface area contributed by atoms with Gasteiger partial charge in [-0.2, -0.15) is 0 Å². The largest absolute Gasteiger partial charge is 0.483 e. The lowest BCUT2D eigenvalue weighted by Crippen LogP contribution is -2.36. The maximum absolute atomic E-state index is 12.0. The topological polar surface area (TPSA) is 38.3 Å². The van der Waals surface area contributed by atoms with Gasteiger partial charge in [0.2, 0.25) is 0 Å². The average molecular weight is 311 g/mol. The lowest BCUT2D eigenvalue weighted by molar-refractivity contribution is -0.123. The number of aryl methyl sites for hydroxylation is 2. The maximum atomic E-state index is 12.0. The number of benzene rings is 2. The Kier molecular flexibility index (Phi) is 6.21. The first-order valence-corrected chi connectivity index (χ1v) is 8.08. The molecule has 1 N–H and O–H groups in total. The fourth-order valence-electron chi connectivity index (χ4n) is 2.44. The lowest BCUT2D eigenvalue weighted by Gasteiger charge is -2.15. The van der Waals surface area contributed by atoms with Gasteiger partial charge < -0.3 is 10.1 Å². The molecule has 3 heteroatoms. The van der Waals surface area contributed by atoms with E-state index in [-0.39, 0.29) is 18.6 Å². The van der Waals surface area contributed by atoms with Gasteiger partial charge in [-0.1, -0.05) is 42.5 Å². The molecule has 0 aliphatic heterocycles. The molecule has 0 bridgehead atoms. The van der Waals surface area contributed by atoms with Crippen LogP contribution in [0.5, 0.6) is 5.75 Å². The summed E-state index contributed by atoms with van der Waals surface area (Å²) < 4.78 is 5.63. The standard InChI is InChI=1S/C20H25NO2/c1-15-8-7-11-19(17(15)3)23-14-20(22)21-16(2)12-13-18-9-5-4-6-10-18/h4-11,16H,12-14H2,1-3H3,(H,21,22). The summed E-state index contributed by atoms with van der Waals surface area (Å²) in [5.74, 6) is 0.698. The third kappa shape index (κ3) is 5.44. The molecule has 0 aliphatic rings. The van der Waals surface area contributed by atoms with Gasteiger partial charge in [-0.25, -0.2) is 0 Å². The molecule has 0 aliphatic carbocycles. The lowest BCUT2D eigenvalue weighted by atomic mass is 10.1. The number of ether oxygens (including phenoxy) is 1. The summed E-state index contributed by atoms with van der Waals surface area (Å²) in [6.45, 7) is 6.12. The number of amides is 1. The number of carbonyl (C=O) groups is 1. The van der Waals surface area contributed by atoms with Crippen LogP contribution in [0.25, 0.3) is 0 Å². The minimum absolute atomic E-state index is 0.0555. The molecule has 0 spiro atoms. The zero-order valence-electron chi connectivity index (χ0n) is 14.1. The molecule has 0 fully saturated rings. The van der Waals surface area contributed by atoms with Crippen LogP contribution in [0.15, 0.2) is 48.5 Å². The highest BCUT2D eigenvalue weighted by Gasteiger charge is 2.09. The maximum Gasteiger partial charge on any atom is 0.258 e. The summed E-state index contributed by atoms with van der Waals surface area (Å²) in [6.07, 6.45) is 1.87. The fraction of sp³-hybridized carbons (Fsp3) is 0.350. The third-order valence-electron chi connectivity index (χ3n) is 4.03. The molecule has 1 amide bonds. The van der Waals surface area contributed by atoms with Gasteiger partial charge in [-0.3, -0.25) is 4.79 Å². The molecule has 3 nitrogen and oxygen atoms in total. The van der Waals surface area contributed by atoms with E-state index in [2.05, 4.69) is 17.4 Å². The van der Waals surface area contributed by atoms with Crippen molar-refractivity contribution in [2.75, 3.05) is 6.61 Å². The summed E-state index contributed by atoms with van der Waals surface area (Å²) in [4.78, 5) is 12.0. The van der Waals surface area contributed by atoms with Crippen molar-refractivity contribution in [2.45, 2.75) is 39.7 Å². The first-order chi connectivity index (χ1) is 11.1. The van der Waals surface area contributed by atoms with Crippen molar-refractivity contribution in [3.05, 3.63) is 65.2 Å². The predicted octanol–water partition coefficient (Wildman–Crippen LogP) is 3.82. The van der Waals surface area contributed by atoms with Crippen LogP contribution in [-0.2, 0) is 11.2 Å². The Labute approximate surface area is 138 Å². The van der Waals surface area contributed by atoms with Crippen LogP contribution in [0.4, 0.5) is 0 Å². The second-order valence-corrected chi connectivity index (χ2v) is 5.98. The Bertz CT molecular complexity index is 637. The van der Waals surface area contributed by atoms with Gasteiger partial charge in [-0.15, -0.1) is 0 Å². The van der Waals surface area contributed by atoms with E-state index in [4.69, 9.17) is 4.74 Å². The van der Waals surface area contributed by atoms with E-state index in [1.807, 2.05) is 57.2 Å². The number of hydrogen-bond acceptors (Lipinski definition) is 2. The van der Waals surface area contributed by atoms with E-state index >= 15 is 0 Å². The van der Waals surface area contributed by atoms with Gasteiger partial charge in [0.25, 0.3) is 5.91 Å². The Morgan fingerprint density at radius 2 is 1.83 bits per heavy atom. The molecule has 1 unspecified atom stereocenters. The molecule has 0 aromatic heterocycles. The number of hydrogen-bond donors (Lipinski definition) is 1. The van der Waals surface area contributed by atoms with E-state index in [0.29, 0.717) is 0 Å². The molecule has 0 saturated carbocycles. The SMILES string of the molecule is Cc1cccc(OCC(=O)NC(C)CCc2ccccc2)c1C.